The van der Waals surface area contributed by atoms with Gasteiger partial charge in [0.1, 0.15) is 14.8 Å². The third-order valence-corrected chi connectivity index (χ3v) is 4.45. The summed E-state index contributed by atoms with van der Waals surface area (Å²) in [4.78, 5) is 1.33. The molecule has 0 aliphatic heterocycles. The van der Waals surface area contributed by atoms with Crippen molar-refractivity contribution in [2.24, 2.45) is 5.73 Å². The third-order valence-electron chi connectivity index (χ3n) is 2.36. The highest BCUT2D eigenvalue weighted by atomic mass is 32.2. The van der Waals surface area contributed by atoms with E-state index in [0.29, 0.717) is 11.5 Å². The summed E-state index contributed by atoms with van der Waals surface area (Å²) >= 11 is 6.74. The lowest BCUT2D eigenvalue weighted by molar-refractivity contribution is 0.602. The van der Waals surface area contributed by atoms with Gasteiger partial charge in [-0.3, -0.25) is 0 Å². The van der Waals surface area contributed by atoms with Gasteiger partial charge in [-0.05, 0) is 17.9 Å². The molecule has 7 heteroatoms. The van der Waals surface area contributed by atoms with Gasteiger partial charge in [0.05, 0.1) is 5.75 Å². The summed E-state index contributed by atoms with van der Waals surface area (Å²) in [6.45, 7) is 2.40. The van der Waals surface area contributed by atoms with Crippen LogP contribution in [0.3, 0.4) is 0 Å². The van der Waals surface area contributed by atoms with Crippen molar-refractivity contribution in [1.29, 1.82) is 0 Å². The molecule has 0 heterocycles. The predicted molar refractivity (Wildman–Crippen MR) is 86.9 cm³/mol. The lowest BCUT2D eigenvalue weighted by atomic mass is 10.1. The second kappa shape index (κ2) is 7.12. The number of thioether (sulfide) groups is 1. The number of hydrogen-bond acceptors (Lipinski definition) is 5. The number of sulfone groups is 1. The Bertz CT molecular complexity index is 556. The van der Waals surface area contributed by atoms with E-state index in [0.717, 1.165) is 21.9 Å². The van der Waals surface area contributed by atoms with Gasteiger partial charge in [-0.15, -0.1) is 11.8 Å². The average Bonchev–Trinajstić information content (AvgIpc) is 2.27. The van der Waals surface area contributed by atoms with Crippen molar-refractivity contribution in [2.45, 2.75) is 11.8 Å². The van der Waals surface area contributed by atoms with E-state index in [1.807, 2.05) is 18.2 Å². The zero-order valence-corrected chi connectivity index (χ0v) is 13.4. The molecule has 3 N–H and O–H groups in total. The van der Waals surface area contributed by atoms with E-state index in [2.05, 4.69) is 12.2 Å². The number of rotatable bonds is 7. The van der Waals surface area contributed by atoms with Gasteiger partial charge in [0, 0.05) is 28.9 Å². The predicted octanol–water partition coefficient (Wildman–Crippen LogP) is 1.89. The molecule has 0 amide bonds. The van der Waals surface area contributed by atoms with Gasteiger partial charge in [0.15, 0.2) is 0 Å². The Morgan fingerprint density at radius 1 is 1.47 bits per heavy atom. The number of nitrogens with two attached hydrogens (primary N) is 1. The molecule has 0 saturated carbocycles. The normalized spacial score (nSPS) is 11.3. The van der Waals surface area contributed by atoms with Crippen LogP contribution in [0.4, 0.5) is 5.69 Å². The minimum atomic E-state index is -2.98. The molecule has 0 fully saturated rings. The summed E-state index contributed by atoms with van der Waals surface area (Å²) in [5, 5.41) is 3.09. The summed E-state index contributed by atoms with van der Waals surface area (Å²) in [6.07, 6.45) is 1.21. The molecule has 0 aliphatic rings. The van der Waals surface area contributed by atoms with Crippen LogP contribution in [0.15, 0.2) is 23.1 Å². The first kappa shape index (κ1) is 16.3. The lowest BCUT2D eigenvalue weighted by Crippen LogP contribution is -2.18. The van der Waals surface area contributed by atoms with E-state index in [1.54, 1.807) is 11.8 Å². The number of hydrogen-bond donors (Lipinski definition) is 2. The minimum absolute atomic E-state index is 0.0783. The first-order valence-electron chi connectivity index (χ1n) is 5.82. The molecule has 0 aromatic heterocycles. The number of nitrogens with one attached hydrogen (secondary N) is 1. The zero-order chi connectivity index (χ0) is 14.5. The van der Waals surface area contributed by atoms with E-state index in [1.165, 1.54) is 6.26 Å². The highest BCUT2D eigenvalue weighted by Crippen LogP contribution is 2.28. The molecule has 19 heavy (non-hydrogen) atoms. The molecule has 0 bridgehead atoms. The molecular formula is C12H18N2O2S3. The van der Waals surface area contributed by atoms with Gasteiger partial charge in [0.2, 0.25) is 0 Å². The smallest absolute Gasteiger partial charge is 0.149 e. The van der Waals surface area contributed by atoms with Gasteiger partial charge in [0.25, 0.3) is 0 Å². The molecular weight excluding hydrogens is 300 g/mol. The fourth-order valence-corrected chi connectivity index (χ4v) is 3.19. The first-order chi connectivity index (χ1) is 8.85. The van der Waals surface area contributed by atoms with Crippen molar-refractivity contribution in [3.63, 3.8) is 0 Å². The van der Waals surface area contributed by atoms with Gasteiger partial charge < -0.3 is 11.1 Å². The van der Waals surface area contributed by atoms with Crippen LogP contribution in [-0.2, 0) is 9.84 Å². The van der Waals surface area contributed by atoms with Crippen LogP contribution in [0.25, 0.3) is 0 Å². The van der Waals surface area contributed by atoms with Crippen LogP contribution < -0.4 is 11.1 Å². The Morgan fingerprint density at radius 3 is 2.68 bits per heavy atom. The molecule has 1 aromatic carbocycles. The van der Waals surface area contributed by atoms with Gasteiger partial charge >= 0.3 is 0 Å². The largest absolute Gasteiger partial charge is 0.389 e. The average molecular weight is 318 g/mol. The Hall–Kier alpha value is -0.790. The van der Waals surface area contributed by atoms with E-state index < -0.39 is 9.84 Å². The molecule has 0 spiro atoms. The Balaban J connectivity index is 2.93. The molecule has 0 atom stereocenters. The molecule has 0 unspecified atom stereocenters. The summed E-state index contributed by atoms with van der Waals surface area (Å²) in [7, 11) is -2.98. The Labute approximate surface area is 124 Å². The zero-order valence-electron chi connectivity index (χ0n) is 11.0. The molecule has 0 radical (unpaired) electrons. The summed E-state index contributed by atoms with van der Waals surface area (Å²) in [5.41, 5.74) is 7.34. The molecule has 1 aromatic rings. The maximum absolute atomic E-state index is 11.1. The second-order valence-corrected chi connectivity index (χ2v) is 8.04. The van der Waals surface area contributed by atoms with Crippen LogP contribution in [0.1, 0.15) is 12.5 Å². The fraction of sp³-hybridized carbons (Fsp3) is 0.417. The van der Waals surface area contributed by atoms with Crippen LogP contribution in [-0.4, -0.2) is 37.7 Å². The van der Waals surface area contributed by atoms with Crippen molar-refractivity contribution in [3.05, 3.63) is 23.8 Å². The van der Waals surface area contributed by atoms with Gasteiger partial charge in [-0.1, -0.05) is 25.2 Å². The Morgan fingerprint density at radius 2 is 2.16 bits per heavy atom. The van der Waals surface area contributed by atoms with Crippen LogP contribution in [0, 0.1) is 0 Å². The van der Waals surface area contributed by atoms with Crippen LogP contribution >= 0.6 is 24.0 Å². The van der Waals surface area contributed by atoms with E-state index in [9.17, 15) is 8.42 Å². The van der Waals surface area contributed by atoms with E-state index in [-0.39, 0.29) is 5.75 Å². The van der Waals surface area contributed by atoms with Crippen molar-refractivity contribution in [2.75, 3.05) is 29.6 Å². The number of thiocarbonyl (C=S) groups is 1. The van der Waals surface area contributed by atoms with Crippen LogP contribution in [0.2, 0.25) is 0 Å². The van der Waals surface area contributed by atoms with E-state index >= 15 is 0 Å². The van der Waals surface area contributed by atoms with Gasteiger partial charge in [-0.2, -0.15) is 0 Å². The Kier molecular flexibility index (Phi) is 6.09. The van der Waals surface area contributed by atoms with Crippen molar-refractivity contribution >= 4 is 44.5 Å². The maximum Gasteiger partial charge on any atom is 0.149 e. The SMILES string of the molecule is CCSc1cccc(NCCS(C)(=O)=O)c1C(N)=S. The quantitative estimate of drug-likeness (QED) is 0.591. The van der Waals surface area contributed by atoms with Crippen LogP contribution in [0.5, 0.6) is 0 Å². The lowest BCUT2D eigenvalue weighted by Gasteiger charge is -2.14. The second-order valence-electron chi connectivity index (χ2n) is 4.03. The third kappa shape index (κ3) is 5.38. The number of benzene rings is 1. The first-order valence-corrected chi connectivity index (χ1v) is 9.27. The standard InChI is InChI=1S/C12H18N2O2S3/c1-3-18-10-6-4-5-9(11(10)12(13)17)14-7-8-19(2,15)16/h4-6,14H,3,7-8H2,1-2H3,(H2,13,17). The highest BCUT2D eigenvalue weighted by Gasteiger charge is 2.11. The van der Waals surface area contributed by atoms with Crippen molar-refractivity contribution in [3.8, 4) is 0 Å². The fourth-order valence-electron chi connectivity index (χ4n) is 1.58. The number of anilines is 1. The topological polar surface area (TPSA) is 72.2 Å². The summed E-state index contributed by atoms with van der Waals surface area (Å²) in [6, 6.07) is 5.73. The molecule has 0 aliphatic carbocycles. The molecule has 1 rings (SSSR count). The molecule has 4 nitrogen and oxygen atoms in total. The van der Waals surface area contributed by atoms with Crippen molar-refractivity contribution in [1.82, 2.24) is 0 Å². The molecule has 0 saturated heterocycles. The van der Waals surface area contributed by atoms with Gasteiger partial charge in [-0.25, -0.2) is 8.42 Å². The van der Waals surface area contributed by atoms with E-state index in [4.69, 9.17) is 18.0 Å². The summed E-state index contributed by atoms with van der Waals surface area (Å²) < 4.78 is 22.2. The minimum Gasteiger partial charge on any atom is -0.389 e. The summed E-state index contributed by atoms with van der Waals surface area (Å²) in [5.74, 6) is 0.997. The highest BCUT2D eigenvalue weighted by molar-refractivity contribution is 7.99. The molecule has 106 valence electrons. The van der Waals surface area contributed by atoms with Crippen molar-refractivity contribution < 1.29 is 8.42 Å². The maximum atomic E-state index is 11.1. The monoisotopic (exact) mass is 318 g/mol.